The molecule has 17 aromatic rings. The summed E-state index contributed by atoms with van der Waals surface area (Å²) in [5, 5.41) is 0. The summed E-state index contributed by atoms with van der Waals surface area (Å²) in [6.45, 7) is 16.5. The van der Waals surface area contributed by atoms with Crippen molar-refractivity contribution in [3.05, 3.63) is 470 Å². The predicted molar refractivity (Wildman–Crippen MR) is 507 cm³/mol. The van der Waals surface area contributed by atoms with E-state index in [1.54, 1.807) is 12.4 Å². The maximum absolute atomic E-state index is 4.81. The van der Waals surface area contributed by atoms with Crippen molar-refractivity contribution in [3.63, 3.8) is 0 Å². The van der Waals surface area contributed by atoms with Gasteiger partial charge in [-0.1, -0.05) is 140 Å². The third-order valence-electron chi connectivity index (χ3n) is 21.3. The van der Waals surface area contributed by atoms with Gasteiger partial charge in [-0.05, 0) is 119 Å². The second kappa shape index (κ2) is 41.8. The van der Waals surface area contributed by atoms with E-state index in [9.17, 15) is 0 Å². The van der Waals surface area contributed by atoms with Gasteiger partial charge < -0.3 is 58.8 Å². The Morgan fingerprint density at radius 2 is 0.484 bits per heavy atom. The summed E-state index contributed by atoms with van der Waals surface area (Å²) in [6.07, 6.45) is 7.15. The van der Waals surface area contributed by atoms with Crippen LogP contribution in [-0.2, 0) is 60.3 Å². The number of anilines is 21. The molecule has 6 aliphatic heterocycles. The Bertz CT molecular complexity index is 5930. The average molecular weight is 2200 g/mol. The summed E-state index contributed by atoms with van der Waals surface area (Å²) >= 11 is 0. The quantitative estimate of drug-likeness (QED) is 0.114. The third kappa shape index (κ3) is 19.5. The number of aromatic nitrogens is 6. The molecule has 6 aliphatic rings. The number of nitrogens with zero attached hydrogens (tertiary/aromatic N) is 18. The van der Waals surface area contributed by atoms with Gasteiger partial charge in [-0.25, -0.2) is 29.9 Å². The van der Waals surface area contributed by atoms with Crippen LogP contribution in [0.15, 0.2) is 383 Å². The molecule has 0 spiro atoms. The minimum atomic E-state index is 0. The average Bonchev–Trinajstić information content (AvgIpc) is 1.64. The van der Waals surface area contributed by atoms with E-state index in [1.807, 2.05) is 248 Å². The van der Waals surface area contributed by atoms with Crippen LogP contribution in [-0.4, -0.2) is 51.0 Å². The van der Waals surface area contributed by atoms with Gasteiger partial charge in [0, 0.05) is 135 Å². The number of hydrogen-bond donors (Lipinski definition) is 0. The van der Waals surface area contributed by atoms with Crippen molar-refractivity contribution in [1.82, 2.24) is 29.9 Å². The van der Waals surface area contributed by atoms with Gasteiger partial charge in [-0.2, -0.15) is 195 Å². The molecule has 0 atom stereocenters. The Kier molecular flexibility index (Phi) is 29.0. The molecule has 641 valence electrons. The van der Waals surface area contributed by atoms with Crippen LogP contribution in [0.25, 0.3) is 22.8 Å². The molecule has 9 heterocycles. The van der Waals surface area contributed by atoms with Gasteiger partial charge in [-0.15, -0.1) is 60.8 Å². The number of rotatable bonds is 11. The molecule has 3 aromatic heterocycles. The molecule has 0 N–H and O–H groups in total. The summed E-state index contributed by atoms with van der Waals surface area (Å²) in [5.41, 5.74) is 23.0. The predicted octanol–water partition coefficient (Wildman–Crippen LogP) is 24.6. The molecule has 3 radical (unpaired) electrons. The smallest absolute Gasteiger partial charge is 0.161 e. The molecule has 23 rings (SSSR count). The summed E-state index contributed by atoms with van der Waals surface area (Å²) in [4.78, 5) is 52.5. The molecule has 0 unspecified atom stereocenters. The Balaban J connectivity index is 0.000000118. The zero-order valence-corrected chi connectivity index (χ0v) is 77.6. The fourth-order valence-corrected chi connectivity index (χ4v) is 15.1. The number of aryl methyl sites for hydroxylation is 2. The van der Waals surface area contributed by atoms with E-state index in [0.29, 0.717) is 0 Å². The standard InChI is InChI=1S/2C19H16N4.3C19H14N2.C12H10N4.3Ir/c1-14-8-6-7-11-16(14)18-20-12-17-19(21-18)22(2)13-23(17)15-9-4-3-5-10-15;1-14-8-6-7-11-16(14)18-20-12-17-19(21-18)23(13-22(17)2)15-9-4-3-5-10-15;3*1-3-9-16(10-4-1)20-15-21(17-11-5-2-6-12-17)19-14-8-7-13-18(19)20;1-15-9-16(10-5-3-2-4-6-10)12-11(15)13-7-8-14-12;;;/h2*3-9,11-13H,1-2H3;3*1-11,13-15H;2-5,7-9H,1H3;;;/q6*-2;;;. The van der Waals surface area contributed by atoms with Crippen molar-refractivity contribution in [1.29, 1.82) is 0 Å². The number of fused-ring (bicyclic) bond motifs is 6. The summed E-state index contributed by atoms with van der Waals surface area (Å²) < 4.78 is 0. The second-order valence-corrected chi connectivity index (χ2v) is 29.5. The Morgan fingerprint density at radius 3 is 0.836 bits per heavy atom. The molecule has 0 aliphatic carbocycles. The molecule has 21 heteroatoms. The molecule has 0 saturated heterocycles. The monoisotopic (exact) mass is 2200 g/mol. The number of hydrogen-bond acceptors (Lipinski definition) is 18. The SMILES string of the molecule is CN1[CH-]N(c2[c-]cccc2)c2nccnc21.Cc1ccccc1-c1ncc2c(n1)N(C)[CH-]N2c1[c-]cccc1.Cc1ccccc1-c1ncc2c(n1)N(c1[c-]cccc1)[CH-]N2C.[Ir].[Ir].[Ir].[c-]1ccccc1N1[CH-]N(c2ccccc2)c2ccccc21.[c-]1ccccc1N1[CH-]N(c2ccccc2)c2ccccc21.[c-]1ccccc1N1[CH-]N(c2ccccc2)c2ccccc21. The fourth-order valence-electron chi connectivity index (χ4n) is 15.1. The first-order chi connectivity index (χ1) is 61.6. The van der Waals surface area contributed by atoms with Crippen molar-refractivity contribution in [2.75, 3.05) is 79.9 Å². The van der Waals surface area contributed by atoms with Crippen LogP contribution in [0.4, 0.5) is 120 Å². The molecule has 128 heavy (non-hydrogen) atoms. The van der Waals surface area contributed by atoms with Crippen LogP contribution in [0.3, 0.4) is 0 Å². The van der Waals surface area contributed by atoms with E-state index < -0.39 is 0 Å². The molecule has 14 aromatic carbocycles. The van der Waals surface area contributed by atoms with Crippen LogP contribution in [0.1, 0.15) is 11.1 Å². The van der Waals surface area contributed by atoms with E-state index in [2.05, 4.69) is 313 Å². The van der Waals surface area contributed by atoms with Crippen LogP contribution in [0, 0.1) is 90.3 Å². The van der Waals surface area contributed by atoms with Gasteiger partial charge in [0.05, 0.1) is 23.8 Å². The number of benzene rings is 14. The van der Waals surface area contributed by atoms with E-state index >= 15 is 0 Å². The summed E-state index contributed by atoms with van der Waals surface area (Å²) in [5.74, 6) is 4.97. The maximum Gasteiger partial charge on any atom is 0.161 e. The molecular weight excluding hydrogens is 2110 g/mol. The molecule has 0 amide bonds. The van der Waals surface area contributed by atoms with Crippen molar-refractivity contribution in [2.45, 2.75) is 13.8 Å². The molecular formula is C107H84Ir3N18-12. The van der Waals surface area contributed by atoms with E-state index in [1.165, 1.54) is 45.3 Å². The largest absolute Gasteiger partial charge is 0.501 e. The number of para-hydroxylation sites is 15. The first-order valence-electron chi connectivity index (χ1n) is 41.0. The van der Waals surface area contributed by atoms with Crippen LogP contribution < -0.4 is 58.8 Å². The maximum atomic E-state index is 4.81. The first kappa shape index (κ1) is 88.7. The van der Waals surface area contributed by atoms with Crippen LogP contribution in [0.5, 0.6) is 0 Å². The Labute approximate surface area is 790 Å². The van der Waals surface area contributed by atoms with Gasteiger partial charge in [0.15, 0.2) is 11.6 Å². The van der Waals surface area contributed by atoms with Gasteiger partial charge in [-0.3, -0.25) is 0 Å². The van der Waals surface area contributed by atoms with Crippen LogP contribution in [0.2, 0.25) is 0 Å². The topological polar surface area (TPSA) is 116 Å². The van der Waals surface area contributed by atoms with Crippen molar-refractivity contribution in [3.8, 4) is 22.8 Å². The molecule has 0 fully saturated rings. The van der Waals surface area contributed by atoms with Gasteiger partial charge >= 0.3 is 0 Å². The summed E-state index contributed by atoms with van der Waals surface area (Å²) in [6, 6.07) is 140. The van der Waals surface area contributed by atoms with Gasteiger partial charge in [0.1, 0.15) is 23.3 Å². The van der Waals surface area contributed by atoms with Gasteiger partial charge in [0.25, 0.3) is 0 Å². The third-order valence-corrected chi connectivity index (χ3v) is 21.3. The minimum absolute atomic E-state index is 0. The van der Waals surface area contributed by atoms with Gasteiger partial charge in [0.2, 0.25) is 0 Å². The second-order valence-electron chi connectivity index (χ2n) is 29.5. The molecule has 18 nitrogen and oxygen atoms in total. The van der Waals surface area contributed by atoms with Crippen molar-refractivity contribution >= 4 is 120 Å². The fraction of sp³-hybridized carbons (Fsp3) is 0.0467. The zero-order valence-electron chi connectivity index (χ0n) is 70.4. The van der Waals surface area contributed by atoms with E-state index in [0.717, 1.165) is 109 Å². The Hall–Kier alpha value is -14.1. The van der Waals surface area contributed by atoms with E-state index in [4.69, 9.17) is 9.97 Å². The van der Waals surface area contributed by atoms with Crippen molar-refractivity contribution in [2.24, 2.45) is 0 Å². The first-order valence-corrected chi connectivity index (χ1v) is 41.0. The van der Waals surface area contributed by atoms with E-state index in [-0.39, 0.29) is 60.3 Å². The normalized spacial score (nSPS) is 13.1. The molecule has 0 bridgehead atoms. The molecule has 0 saturated carbocycles. The van der Waals surface area contributed by atoms with Crippen LogP contribution >= 0.6 is 0 Å². The Morgan fingerprint density at radius 1 is 0.219 bits per heavy atom. The zero-order chi connectivity index (χ0) is 84.8. The van der Waals surface area contributed by atoms with Crippen molar-refractivity contribution < 1.29 is 60.3 Å². The minimum Gasteiger partial charge on any atom is -0.501 e. The summed E-state index contributed by atoms with van der Waals surface area (Å²) in [7, 11) is 5.95.